The van der Waals surface area contributed by atoms with Crippen molar-refractivity contribution in [1.29, 1.82) is 0 Å². The summed E-state index contributed by atoms with van der Waals surface area (Å²) in [6.45, 7) is 9.49. The second-order valence-corrected chi connectivity index (χ2v) is 9.41. The standard InChI is InChI=1S/C28H26N8O3/c1-16-24(27-30-9-10-39-27)33-28(32-15-18-5-7-21(37-3)13-22(18)38-4)36-26(16)34-25(35-36)20-11-19(12-20)17-6-8-23(29-2)31-14-17/h5-10,13-14,19-20H,11-12,15H2,1,3-4H3,(H,32,33). The normalized spacial score (nSPS) is 16.5. The highest BCUT2D eigenvalue weighted by molar-refractivity contribution is 5.66. The van der Waals surface area contributed by atoms with E-state index < -0.39 is 0 Å². The lowest BCUT2D eigenvalue weighted by Crippen LogP contribution is -2.21. The van der Waals surface area contributed by atoms with Gasteiger partial charge in [0.1, 0.15) is 29.7 Å². The van der Waals surface area contributed by atoms with E-state index in [0.717, 1.165) is 41.1 Å². The minimum Gasteiger partial charge on any atom is -0.497 e. The molecule has 1 aliphatic carbocycles. The molecule has 0 radical (unpaired) electrons. The lowest BCUT2D eigenvalue weighted by atomic mass is 9.71. The van der Waals surface area contributed by atoms with Gasteiger partial charge in [-0.05, 0) is 49.4 Å². The Morgan fingerprint density at radius 1 is 1.10 bits per heavy atom. The van der Waals surface area contributed by atoms with Crippen molar-refractivity contribution in [2.24, 2.45) is 0 Å². The smallest absolute Gasteiger partial charge is 0.269 e. The predicted octanol–water partition coefficient (Wildman–Crippen LogP) is 5.32. The largest absolute Gasteiger partial charge is 0.497 e. The van der Waals surface area contributed by atoms with Crippen LogP contribution >= 0.6 is 0 Å². The summed E-state index contributed by atoms with van der Waals surface area (Å²) in [6.07, 6.45) is 6.76. The van der Waals surface area contributed by atoms with E-state index in [1.165, 1.54) is 6.26 Å². The van der Waals surface area contributed by atoms with Gasteiger partial charge in [-0.25, -0.2) is 15.0 Å². The minimum atomic E-state index is 0.217. The topological polar surface area (TPSA) is 117 Å². The Hall–Kier alpha value is -4.98. The second kappa shape index (κ2) is 10.1. The van der Waals surface area contributed by atoms with Crippen molar-refractivity contribution in [1.82, 2.24) is 29.5 Å². The number of benzene rings is 1. The van der Waals surface area contributed by atoms with Crippen molar-refractivity contribution in [3.8, 4) is 23.1 Å². The predicted molar refractivity (Wildman–Crippen MR) is 143 cm³/mol. The van der Waals surface area contributed by atoms with Gasteiger partial charge in [0.2, 0.25) is 11.8 Å². The molecule has 11 heteroatoms. The average Bonchev–Trinajstić information content (AvgIpc) is 3.63. The monoisotopic (exact) mass is 522 g/mol. The van der Waals surface area contributed by atoms with Gasteiger partial charge in [0.25, 0.3) is 5.82 Å². The van der Waals surface area contributed by atoms with E-state index >= 15 is 0 Å². The molecule has 1 aliphatic rings. The van der Waals surface area contributed by atoms with Crippen molar-refractivity contribution in [3.63, 3.8) is 0 Å². The number of nitrogens with zero attached hydrogens (tertiary/aromatic N) is 7. The van der Waals surface area contributed by atoms with E-state index in [4.69, 9.17) is 35.5 Å². The molecular weight excluding hydrogens is 496 g/mol. The third kappa shape index (κ3) is 4.50. The van der Waals surface area contributed by atoms with Crippen molar-refractivity contribution < 1.29 is 13.9 Å². The summed E-state index contributed by atoms with van der Waals surface area (Å²) >= 11 is 0. The number of pyridine rings is 1. The fraction of sp³-hybridized carbons (Fsp3) is 0.286. The molecule has 0 aliphatic heterocycles. The maximum atomic E-state index is 7.10. The van der Waals surface area contributed by atoms with Gasteiger partial charge < -0.3 is 24.1 Å². The summed E-state index contributed by atoms with van der Waals surface area (Å²) < 4.78 is 18.2. The van der Waals surface area contributed by atoms with E-state index in [9.17, 15) is 0 Å². The molecule has 0 atom stereocenters. The van der Waals surface area contributed by atoms with Crippen LogP contribution < -0.4 is 14.8 Å². The molecular formula is C28H26N8O3. The molecule has 0 unspecified atom stereocenters. The number of aromatic nitrogens is 6. The van der Waals surface area contributed by atoms with Crippen LogP contribution in [0.5, 0.6) is 11.5 Å². The fourth-order valence-electron chi connectivity index (χ4n) is 4.88. The molecule has 6 rings (SSSR count). The van der Waals surface area contributed by atoms with Crippen LogP contribution in [0.25, 0.3) is 22.1 Å². The number of ether oxygens (including phenoxy) is 2. The van der Waals surface area contributed by atoms with Crippen molar-refractivity contribution in [3.05, 3.63) is 82.9 Å². The first-order chi connectivity index (χ1) is 19.1. The fourth-order valence-corrected chi connectivity index (χ4v) is 4.88. The summed E-state index contributed by atoms with van der Waals surface area (Å²) in [7, 11) is 3.25. The molecule has 1 aromatic carbocycles. The number of rotatable bonds is 8. The summed E-state index contributed by atoms with van der Waals surface area (Å²) in [6, 6.07) is 9.45. The number of oxazole rings is 1. The Morgan fingerprint density at radius 2 is 1.97 bits per heavy atom. The number of aryl methyl sites for hydroxylation is 1. The first-order valence-electron chi connectivity index (χ1n) is 12.5. The number of methoxy groups -OCH3 is 2. The van der Waals surface area contributed by atoms with Gasteiger partial charge in [-0.2, -0.15) is 4.52 Å². The molecule has 4 aromatic heterocycles. The van der Waals surface area contributed by atoms with Crippen LogP contribution in [-0.2, 0) is 6.54 Å². The van der Waals surface area contributed by atoms with Gasteiger partial charge in [-0.3, -0.25) is 0 Å². The molecule has 11 nitrogen and oxygen atoms in total. The number of anilines is 1. The number of fused-ring (bicyclic) bond motifs is 1. The number of hydrogen-bond donors (Lipinski definition) is 1. The second-order valence-electron chi connectivity index (χ2n) is 9.41. The lowest BCUT2D eigenvalue weighted by molar-refractivity contribution is 0.337. The molecule has 0 spiro atoms. The van der Waals surface area contributed by atoms with E-state index in [2.05, 4.69) is 20.1 Å². The summed E-state index contributed by atoms with van der Waals surface area (Å²) in [4.78, 5) is 21.7. The maximum absolute atomic E-state index is 7.10. The Bertz CT molecular complexity index is 1670. The lowest BCUT2D eigenvalue weighted by Gasteiger charge is -2.33. The molecule has 0 bridgehead atoms. The van der Waals surface area contributed by atoms with Gasteiger partial charge in [0.05, 0.1) is 20.4 Å². The molecule has 4 heterocycles. The van der Waals surface area contributed by atoms with Crippen LogP contribution in [0.4, 0.5) is 11.8 Å². The SMILES string of the molecule is [C-]#[N+]c1ccc(C2CC(c3nc4c(C)c(-c5ncco5)nc(NCc5ccc(OC)cc5OC)n4n3)C2)cn1. The summed E-state index contributed by atoms with van der Waals surface area (Å²) in [5.74, 6) is 4.14. The van der Waals surface area contributed by atoms with Gasteiger partial charge in [0, 0.05) is 29.7 Å². The van der Waals surface area contributed by atoms with Gasteiger partial charge in [-0.1, -0.05) is 12.6 Å². The van der Waals surface area contributed by atoms with Crippen molar-refractivity contribution in [2.75, 3.05) is 19.5 Å². The van der Waals surface area contributed by atoms with E-state index in [0.29, 0.717) is 47.2 Å². The zero-order valence-corrected chi connectivity index (χ0v) is 21.8. The Labute approximate surface area is 224 Å². The van der Waals surface area contributed by atoms with Crippen LogP contribution in [0, 0.1) is 13.5 Å². The van der Waals surface area contributed by atoms with E-state index in [1.54, 1.807) is 37.2 Å². The third-order valence-electron chi connectivity index (χ3n) is 7.16. The Balaban J connectivity index is 1.31. The number of hydrogen-bond acceptors (Lipinski definition) is 9. The molecule has 1 saturated carbocycles. The molecule has 5 aromatic rings. The molecule has 196 valence electrons. The summed E-state index contributed by atoms with van der Waals surface area (Å²) in [5.41, 5.74) is 4.21. The average molecular weight is 523 g/mol. The molecule has 1 N–H and O–H groups in total. The Kier molecular flexibility index (Phi) is 6.28. The van der Waals surface area contributed by atoms with Crippen LogP contribution in [0.3, 0.4) is 0 Å². The highest BCUT2D eigenvalue weighted by Gasteiger charge is 2.35. The van der Waals surface area contributed by atoms with Crippen LogP contribution in [0.2, 0.25) is 0 Å². The first-order valence-corrected chi connectivity index (χ1v) is 12.5. The highest BCUT2D eigenvalue weighted by Crippen LogP contribution is 2.46. The van der Waals surface area contributed by atoms with Gasteiger partial charge in [0.15, 0.2) is 11.5 Å². The van der Waals surface area contributed by atoms with Crippen molar-refractivity contribution in [2.45, 2.75) is 38.1 Å². The maximum Gasteiger partial charge on any atom is 0.269 e. The summed E-state index contributed by atoms with van der Waals surface area (Å²) in [5, 5.41) is 8.28. The van der Waals surface area contributed by atoms with Crippen LogP contribution in [0.1, 0.15) is 47.2 Å². The molecule has 1 fully saturated rings. The van der Waals surface area contributed by atoms with Gasteiger partial charge in [-0.15, -0.1) is 10.1 Å². The third-order valence-corrected chi connectivity index (χ3v) is 7.16. The van der Waals surface area contributed by atoms with E-state index in [-0.39, 0.29) is 5.92 Å². The van der Waals surface area contributed by atoms with Crippen molar-refractivity contribution >= 4 is 17.4 Å². The molecule has 0 amide bonds. The molecule has 39 heavy (non-hydrogen) atoms. The zero-order chi connectivity index (χ0) is 26.9. The first kappa shape index (κ1) is 24.4. The van der Waals surface area contributed by atoms with Gasteiger partial charge >= 0.3 is 0 Å². The quantitative estimate of drug-likeness (QED) is 0.270. The molecule has 0 saturated heterocycles. The van der Waals surface area contributed by atoms with Crippen LogP contribution in [-0.4, -0.2) is 43.8 Å². The minimum absolute atomic E-state index is 0.217. The Morgan fingerprint density at radius 3 is 2.67 bits per heavy atom. The highest BCUT2D eigenvalue weighted by atomic mass is 16.5. The zero-order valence-electron chi connectivity index (χ0n) is 21.8. The van der Waals surface area contributed by atoms with Crippen LogP contribution in [0.15, 0.2) is 53.4 Å². The van der Waals surface area contributed by atoms with E-state index in [1.807, 2.05) is 31.2 Å². The number of nitrogens with one attached hydrogen (secondary N) is 1.